The SMILES string of the molecule is COCCN1C(=O)N(Cc2ccccc2)C2(CCN(CC(C)=Cc3ccco3)CC2)C1=O. The molecule has 0 aliphatic carbocycles. The molecule has 32 heavy (non-hydrogen) atoms. The summed E-state index contributed by atoms with van der Waals surface area (Å²) in [4.78, 5) is 32.3. The van der Waals surface area contributed by atoms with Crippen LogP contribution in [0.25, 0.3) is 6.08 Å². The summed E-state index contributed by atoms with van der Waals surface area (Å²) in [5, 5.41) is 0. The number of rotatable bonds is 8. The van der Waals surface area contributed by atoms with Crippen molar-refractivity contribution in [3.8, 4) is 0 Å². The van der Waals surface area contributed by atoms with Crippen molar-refractivity contribution in [2.75, 3.05) is 39.9 Å². The van der Waals surface area contributed by atoms with Crippen molar-refractivity contribution in [1.29, 1.82) is 0 Å². The smallest absolute Gasteiger partial charge is 0.328 e. The van der Waals surface area contributed by atoms with Crippen molar-refractivity contribution in [1.82, 2.24) is 14.7 Å². The molecule has 0 radical (unpaired) electrons. The number of carbonyl (C=O) groups excluding carboxylic acids is 2. The molecule has 2 fully saturated rings. The summed E-state index contributed by atoms with van der Waals surface area (Å²) in [6.07, 6.45) is 4.97. The van der Waals surface area contributed by atoms with Gasteiger partial charge in [0.1, 0.15) is 11.3 Å². The van der Waals surface area contributed by atoms with Gasteiger partial charge in [-0.05, 0) is 43.5 Å². The van der Waals surface area contributed by atoms with Gasteiger partial charge in [0.25, 0.3) is 5.91 Å². The fraction of sp³-hybridized carbons (Fsp3) is 0.440. The molecular weight excluding hydrogens is 406 g/mol. The molecule has 7 nitrogen and oxygen atoms in total. The quantitative estimate of drug-likeness (QED) is 0.590. The minimum atomic E-state index is -0.782. The zero-order valence-electron chi connectivity index (χ0n) is 18.8. The average molecular weight is 438 g/mol. The van der Waals surface area contributed by atoms with Crippen LogP contribution >= 0.6 is 0 Å². The number of urea groups is 1. The molecule has 7 heteroatoms. The predicted molar refractivity (Wildman–Crippen MR) is 122 cm³/mol. The number of piperidine rings is 1. The molecular formula is C25H31N3O4. The van der Waals surface area contributed by atoms with Crippen LogP contribution in [0, 0.1) is 0 Å². The number of hydrogen-bond acceptors (Lipinski definition) is 5. The first-order valence-electron chi connectivity index (χ1n) is 11.1. The lowest BCUT2D eigenvalue weighted by Crippen LogP contribution is -2.56. The lowest BCUT2D eigenvalue weighted by molar-refractivity contribution is -0.136. The van der Waals surface area contributed by atoms with Crippen LogP contribution < -0.4 is 0 Å². The number of amides is 3. The lowest BCUT2D eigenvalue weighted by Gasteiger charge is -2.42. The summed E-state index contributed by atoms with van der Waals surface area (Å²) >= 11 is 0. The highest BCUT2D eigenvalue weighted by Gasteiger charge is 2.57. The number of likely N-dealkylation sites (tertiary alicyclic amines) is 1. The van der Waals surface area contributed by atoms with Crippen molar-refractivity contribution in [3.05, 3.63) is 65.6 Å². The monoisotopic (exact) mass is 437 g/mol. The first-order valence-corrected chi connectivity index (χ1v) is 11.1. The van der Waals surface area contributed by atoms with E-state index in [2.05, 4.69) is 11.8 Å². The number of benzene rings is 1. The van der Waals surface area contributed by atoms with Gasteiger partial charge in [0.05, 0.1) is 19.4 Å². The average Bonchev–Trinajstić information content (AvgIpc) is 3.37. The maximum absolute atomic E-state index is 13.5. The molecule has 2 saturated heterocycles. The van der Waals surface area contributed by atoms with E-state index in [1.165, 1.54) is 10.5 Å². The summed E-state index contributed by atoms with van der Waals surface area (Å²) < 4.78 is 10.6. The standard InChI is InChI=1S/C25H31N3O4/c1-20(17-22-9-6-15-32-22)18-26-12-10-25(11-13-26)23(29)27(14-16-31-2)24(30)28(25)19-21-7-4-3-5-8-21/h3-9,15,17H,10-14,16,18-19H2,1-2H3. The largest absolute Gasteiger partial charge is 0.465 e. The molecule has 4 rings (SSSR count). The van der Waals surface area contributed by atoms with E-state index in [9.17, 15) is 9.59 Å². The fourth-order valence-electron chi connectivity index (χ4n) is 4.73. The van der Waals surface area contributed by atoms with Gasteiger partial charge in [0.15, 0.2) is 0 Å². The first kappa shape index (κ1) is 22.3. The van der Waals surface area contributed by atoms with Gasteiger partial charge in [0, 0.05) is 33.3 Å². The Morgan fingerprint density at radius 1 is 1.12 bits per heavy atom. The van der Waals surface area contributed by atoms with Crippen molar-refractivity contribution < 1.29 is 18.7 Å². The summed E-state index contributed by atoms with van der Waals surface area (Å²) in [6.45, 7) is 5.48. The topological polar surface area (TPSA) is 66.2 Å². The highest BCUT2D eigenvalue weighted by Crippen LogP contribution is 2.38. The van der Waals surface area contributed by atoms with E-state index in [1.807, 2.05) is 48.5 Å². The molecule has 2 aromatic rings. The van der Waals surface area contributed by atoms with Crippen LogP contribution in [0.15, 0.2) is 58.7 Å². The van der Waals surface area contributed by atoms with Crippen LogP contribution in [0.2, 0.25) is 0 Å². The van der Waals surface area contributed by atoms with E-state index in [0.717, 1.165) is 31.0 Å². The normalized spacial score (nSPS) is 19.4. The summed E-state index contributed by atoms with van der Waals surface area (Å²) in [5.41, 5.74) is 1.45. The summed E-state index contributed by atoms with van der Waals surface area (Å²) in [5.74, 6) is 0.758. The Labute approximate surface area is 189 Å². The van der Waals surface area contributed by atoms with Gasteiger partial charge in [-0.15, -0.1) is 0 Å². The van der Waals surface area contributed by atoms with Gasteiger partial charge in [0.2, 0.25) is 0 Å². The Balaban J connectivity index is 1.49. The zero-order valence-corrected chi connectivity index (χ0v) is 18.8. The molecule has 0 unspecified atom stereocenters. The van der Waals surface area contributed by atoms with E-state index < -0.39 is 5.54 Å². The highest BCUT2D eigenvalue weighted by molar-refractivity contribution is 6.07. The third-order valence-corrected chi connectivity index (χ3v) is 6.41. The van der Waals surface area contributed by atoms with Crippen LogP contribution in [-0.4, -0.2) is 72.1 Å². The maximum atomic E-state index is 13.5. The number of nitrogens with zero attached hydrogens (tertiary/aromatic N) is 3. The van der Waals surface area contributed by atoms with Crippen molar-refractivity contribution in [3.63, 3.8) is 0 Å². The summed E-state index contributed by atoms with van der Waals surface area (Å²) in [6, 6.07) is 13.5. The molecule has 2 aliphatic heterocycles. The van der Waals surface area contributed by atoms with Crippen LogP contribution in [-0.2, 0) is 16.1 Å². The van der Waals surface area contributed by atoms with Crippen molar-refractivity contribution in [2.45, 2.75) is 31.8 Å². The van der Waals surface area contributed by atoms with Crippen LogP contribution in [0.5, 0.6) is 0 Å². The van der Waals surface area contributed by atoms with Gasteiger partial charge >= 0.3 is 6.03 Å². The van der Waals surface area contributed by atoms with Crippen LogP contribution in [0.4, 0.5) is 4.79 Å². The Morgan fingerprint density at radius 2 is 1.88 bits per heavy atom. The Kier molecular flexibility index (Phi) is 6.77. The highest BCUT2D eigenvalue weighted by atomic mass is 16.5. The minimum absolute atomic E-state index is 0.0852. The molecule has 3 amide bonds. The number of imide groups is 1. The van der Waals surface area contributed by atoms with Gasteiger partial charge in [-0.2, -0.15) is 0 Å². The molecule has 0 N–H and O–H groups in total. The first-order chi connectivity index (χ1) is 15.5. The number of hydrogen-bond donors (Lipinski definition) is 0. The molecule has 0 saturated carbocycles. The molecule has 2 aliphatic rings. The van der Waals surface area contributed by atoms with E-state index in [0.29, 0.717) is 26.0 Å². The maximum Gasteiger partial charge on any atom is 0.328 e. The van der Waals surface area contributed by atoms with Gasteiger partial charge in [-0.25, -0.2) is 4.79 Å². The molecule has 170 valence electrons. The third-order valence-electron chi connectivity index (χ3n) is 6.41. The van der Waals surface area contributed by atoms with Crippen LogP contribution in [0.3, 0.4) is 0 Å². The lowest BCUT2D eigenvalue weighted by atomic mass is 9.85. The molecule has 0 atom stereocenters. The van der Waals surface area contributed by atoms with Crippen molar-refractivity contribution in [2.24, 2.45) is 0 Å². The van der Waals surface area contributed by atoms with E-state index in [1.54, 1.807) is 18.3 Å². The Hall–Kier alpha value is -2.90. The minimum Gasteiger partial charge on any atom is -0.465 e. The zero-order chi connectivity index (χ0) is 22.6. The van der Waals surface area contributed by atoms with E-state index >= 15 is 0 Å². The Bertz CT molecular complexity index is 947. The number of furan rings is 1. The number of ether oxygens (including phenoxy) is 1. The number of methoxy groups -OCH3 is 1. The predicted octanol–water partition coefficient (Wildman–Crippen LogP) is 3.63. The summed E-state index contributed by atoms with van der Waals surface area (Å²) in [7, 11) is 1.58. The van der Waals surface area contributed by atoms with Crippen molar-refractivity contribution >= 4 is 18.0 Å². The molecule has 0 bridgehead atoms. The van der Waals surface area contributed by atoms with Gasteiger partial charge < -0.3 is 14.1 Å². The Morgan fingerprint density at radius 3 is 2.53 bits per heavy atom. The third kappa shape index (κ3) is 4.49. The van der Waals surface area contributed by atoms with Crippen LogP contribution in [0.1, 0.15) is 31.1 Å². The van der Waals surface area contributed by atoms with E-state index in [-0.39, 0.29) is 18.5 Å². The second kappa shape index (κ2) is 9.71. The molecule has 3 heterocycles. The second-order valence-electron chi connectivity index (χ2n) is 8.62. The van der Waals surface area contributed by atoms with Gasteiger partial charge in [-0.1, -0.05) is 35.9 Å². The fourth-order valence-corrected chi connectivity index (χ4v) is 4.73. The molecule has 1 aromatic carbocycles. The second-order valence-corrected chi connectivity index (χ2v) is 8.62. The molecule has 1 aromatic heterocycles. The van der Waals surface area contributed by atoms with E-state index in [4.69, 9.17) is 9.15 Å². The van der Waals surface area contributed by atoms with Gasteiger partial charge in [-0.3, -0.25) is 14.6 Å². The molecule has 1 spiro atoms. The number of carbonyl (C=O) groups is 2.